The molecule has 0 radical (unpaired) electrons. The monoisotopic (exact) mass is 398 g/mol. The van der Waals surface area contributed by atoms with Crippen LogP contribution in [0.2, 0.25) is 0 Å². The van der Waals surface area contributed by atoms with Gasteiger partial charge in [0.2, 0.25) is 0 Å². The average Bonchev–Trinajstić information content (AvgIpc) is 3.01. The van der Waals surface area contributed by atoms with Crippen molar-refractivity contribution in [3.05, 3.63) is 47.5 Å². The Balaban J connectivity index is 1.86. The highest BCUT2D eigenvalue weighted by molar-refractivity contribution is 6.04. The van der Waals surface area contributed by atoms with Gasteiger partial charge in [0.25, 0.3) is 0 Å². The molecule has 4 heteroatoms. The summed E-state index contributed by atoms with van der Waals surface area (Å²) < 4.78 is 0. The first-order chi connectivity index (χ1) is 13.7. The first-order valence-electron chi connectivity index (χ1n) is 10.8. The summed E-state index contributed by atoms with van der Waals surface area (Å²) >= 11 is 0. The maximum absolute atomic E-state index is 12.5. The number of aliphatic carboxylic acids is 1. The number of ketones is 2. The van der Waals surface area contributed by atoms with E-state index in [-0.39, 0.29) is 29.5 Å². The van der Waals surface area contributed by atoms with E-state index in [0.29, 0.717) is 24.2 Å². The number of rotatable bonds is 10. The Morgan fingerprint density at radius 3 is 2.34 bits per heavy atom. The van der Waals surface area contributed by atoms with Gasteiger partial charge in [0.05, 0.1) is 0 Å². The molecular formula is C25H34O4. The van der Waals surface area contributed by atoms with Gasteiger partial charge in [-0.2, -0.15) is 0 Å². The van der Waals surface area contributed by atoms with Crippen LogP contribution in [0.1, 0.15) is 88.1 Å². The summed E-state index contributed by atoms with van der Waals surface area (Å²) in [7, 11) is 0. The molecule has 2 rings (SSSR count). The maximum Gasteiger partial charge on any atom is 0.303 e. The quantitative estimate of drug-likeness (QED) is 0.310. The lowest BCUT2D eigenvalue weighted by atomic mass is 9.86. The molecule has 0 bridgehead atoms. The van der Waals surface area contributed by atoms with Crippen molar-refractivity contribution < 1.29 is 19.5 Å². The number of hydrogen-bond donors (Lipinski definition) is 1. The Bertz CT molecular complexity index is 737. The summed E-state index contributed by atoms with van der Waals surface area (Å²) in [5, 5.41) is 8.67. The molecule has 2 atom stereocenters. The van der Waals surface area contributed by atoms with Crippen molar-refractivity contribution in [2.24, 2.45) is 11.8 Å². The summed E-state index contributed by atoms with van der Waals surface area (Å²) in [5.41, 5.74) is 1.93. The van der Waals surface area contributed by atoms with Crippen molar-refractivity contribution in [1.29, 1.82) is 0 Å². The fraction of sp³-hybridized carbons (Fsp3) is 0.560. The van der Waals surface area contributed by atoms with Gasteiger partial charge in [-0.05, 0) is 42.2 Å². The molecule has 1 saturated carbocycles. The van der Waals surface area contributed by atoms with Gasteiger partial charge < -0.3 is 5.11 Å². The minimum Gasteiger partial charge on any atom is -0.481 e. The van der Waals surface area contributed by atoms with Gasteiger partial charge in [0.1, 0.15) is 5.78 Å². The predicted molar refractivity (Wildman–Crippen MR) is 115 cm³/mol. The van der Waals surface area contributed by atoms with Crippen molar-refractivity contribution in [3.8, 4) is 0 Å². The largest absolute Gasteiger partial charge is 0.481 e. The Kier molecular flexibility index (Phi) is 8.36. The fourth-order valence-corrected chi connectivity index (χ4v) is 3.98. The lowest BCUT2D eigenvalue weighted by Gasteiger charge is -2.18. The summed E-state index contributed by atoms with van der Waals surface area (Å²) in [4.78, 5) is 35.3. The van der Waals surface area contributed by atoms with Crippen LogP contribution in [0.15, 0.2) is 36.4 Å². The Morgan fingerprint density at radius 2 is 1.72 bits per heavy atom. The molecule has 0 heterocycles. The van der Waals surface area contributed by atoms with Crippen LogP contribution in [0, 0.1) is 11.8 Å². The van der Waals surface area contributed by atoms with Crippen LogP contribution in [-0.2, 0) is 15.0 Å². The van der Waals surface area contributed by atoms with Crippen LogP contribution >= 0.6 is 0 Å². The number of Topliss-reactive ketones (excluding diaryl/α,β-unsaturated/α-hetero) is 1. The Hall–Kier alpha value is -2.23. The minimum absolute atomic E-state index is 0.00166. The van der Waals surface area contributed by atoms with Crippen molar-refractivity contribution in [1.82, 2.24) is 0 Å². The molecule has 0 spiro atoms. The van der Waals surface area contributed by atoms with E-state index in [1.165, 1.54) is 5.56 Å². The lowest BCUT2D eigenvalue weighted by molar-refractivity contribution is -0.137. The second-order valence-corrected chi connectivity index (χ2v) is 9.17. The van der Waals surface area contributed by atoms with E-state index in [9.17, 15) is 14.4 Å². The highest BCUT2D eigenvalue weighted by atomic mass is 16.4. The normalized spacial score (nSPS) is 19.8. The maximum atomic E-state index is 12.5. The number of hydrogen-bond acceptors (Lipinski definition) is 3. The van der Waals surface area contributed by atoms with E-state index >= 15 is 0 Å². The lowest BCUT2D eigenvalue weighted by Crippen LogP contribution is -2.13. The molecule has 29 heavy (non-hydrogen) atoms. The van der Waals surface area contributed by atoms with Gasteiger partial charge in [0.15, 0.2) is 5.78 Å². The molecule has 0 amide bonds. The van der Waals surface area contributed by atoms with Crippen LogP contribution < -0.4 is 0 Å². The highest BCUT2D eigenvalue weighted by Crippen LogP contribution is 2.34. The Morgan fingerprint density at radius 1 is 1.07 bits per heavy atom. The van der Waals surface area contributed by atoms with E-state index in [4.69, 9.17) is 5.11 Å². The molecule has 2 unspecified atom stereocenters. The first-order valence-corrected chi connectivity index (χ1v) is 10.8. The Labute approximate surface area is 174 Å². The summed E-state index contributed by atoms with van der Waals surface area (Å²) in [5.74, 6) is -0.329. The molecule has 1 aromatic rings. The van der Waals surface area contributed by atoms with E-state index in [1.807, 2.05) is 30.3 Å². The zero-order chi connectivity index (χ0) is 21.4. The van der Waals surface area contributed by atoms with Crippen LogP contribution in [0.4, 0.5) is 0 Å². The standard InChI is InChI=1S/C25H34O4/c1-25(2,3)20-14-10-19(11-15-20)22(26)16-12-18-13-17-23(27)21(18)8-6-4-5-7-9-24(28)29/h10-12,14-16,18,21H,4-9,13,17H2,1-3H3,(H,28,29). The molecule has 1 aromatic carbocycles. The molecule has 0 aromatic heterocycles. The number of carbonyl (C=O) groups excluding carboxylic acids is 2. The van der Waals surface area contributed by atoms with Gasteiger partial charge in [-0.15, -0.1) is 0 Å². The zero-order valence-electron chi connectivity index (χ0n) is 17.9. The highest BCUT2D eigenvalue weighted by Gasteiger charge is 2.32. The van der Waals surface area contributed by atoms with Gasteiger partial charge in [0, 0.05) is 24.3 Å². The van der Waals surface area contributed by atoms with Crippen molar-refractivity contribution in [3.63, 3.8) is 0 Å². The third-order valence-electron chi connectivity index (χ3n) is 5.84. The number of allylic oxidation sites excluding steroid dienone is 2. The summed E-state index contributed by atoms with van der Waals surface area (Å²) in [6.07, 6.45) is 9.48. The molecule has 1 aliphatic rings. The predicted octanol–water partition coefficient (Wildman–Crippen LogP) is 5.74. The number of carbonyl (C=O) groups is 3. The van der Waals surface area contributed by atoms with Crippen LogP contribution in [0.3, 0.4) is 0 Å². The summed E-state index contributed by atoms with van der Waals surface area (Å²) in [6.45, 7) is 6.44. The summed E-state index contributed by atoms with van der Waals surface area (Å²) in [6, 6.07) is 7.77. The van der Waals surface area contributed by atoms with Gasteiger partial charge in [-0.25, -0.2) is 0 Å². The van der Waals surface area contributed by atoms with Crippen LogP contribution in [0.5, 0.6) is 0 Å². The molecule has 158 valence electrons. The number of carboxylic acid groups (broad SMARTS) is 1. The average molecular weight is 399 g/mol. The second-order valence-electron chi connectivity index (χ2n) is 9.17. The van der Waals surface area contributed by atoms with Crippen molar-refractivity contribution in [2.75, 3.05) is 0 Å². The van der Waals surface area contributed by atoms with Crippen LogP contribution in [-0.4, -0.2) is 22.6 Å². The van der Waals surface area contributed by atoms with E-state index < -0.39 is 5.97 Å². The fourth-order valence-electron chi connectivity index (χ4n) is 3.98. The molecule has 0 aliphatic heterocycles. The van der Waals surface area contributed by atoms with Crippen molar-refractivity contribution >= 4 is 17.5 Å². The van der Waals surface area contributed by atoms with Gasteiger partial charge >= 0.3 is 5.97 Å². The van der Waals surface area contributed by atoms with Crippen molar-refractivity contribution in [2.45, 2.75) is 77.6 Å². The van der Waals surface area contributed by atoms with E-state index in [1.54, 1.807) is 6.08 Å². The third kappa shape index (κ3) is 7.26. The molecule has 4 nitrogen and oxygen atoms in total. The van der Waals surface area contributed by atoms with E-state index in [0.717, 1.165) is 32.1 Å². The molecular weight excluding hydrogens is 364 g/mol. The molecule has 0 saturated heterocycles. The van der Waals surface area contributed by atoms with Gasteiger partial charge in [-0.3, -0.25) is 14.4 Å². The number of unbranched alkanes of at least 4 members (excludes halogenated alkanes) is 3. The smallest absolute Gasteiger partial charge is 0.303 e. The second kappa shape index (κ2) is 10.5. The van der Waals surface area contributed by atoms with Gasteiger partial charge in [-0.1, -0.05) is 70.4 Å². The topological polar surface area (TPSA) is 71.4 Å². The molecule has 1 fully saturated rings. The SMILES string of the molecule is CC(C)(C)c1ccc(C(=O)C=CC2CCC(=O)C2CCCCCCC(=O)O)cc1. The minimum atomic E-state index is -0.751. The number of benzene rings is 1. The number of carboxylic acids is 1. The molecule has 1 N–H and O–H groups in total. The first kappa shape index (κ1) is 23.1. The zero-order valence-corrected chi connectivity index (χ0v) is 17.9. The van der Waals surface area contributed by atoms with E-state index in [2.05, 4.69) is 20.8 Å². The molecule has 1 aliphatic carbocycles. The third-order valence-corrected chi connectivity index (χ3v) is 5.84. The van der Waals surface area contributed by atoms with Crippen LogP contribution in [0.25, 0.3) is 0 Å².